The zero-order chi connectivity index (χ0) is 36.7. The Labute approximate surface area is 318 Å². The molecule has 0 atom stereocenters. The Balaban J connectivity index is 1.11. The van der Waals surface area contributed by atoms with Gasteiger partial charge in [-0.3, -0.25) is 0 Å². The molecule has 0 radical (unpaired) electrons. The third-order valence-electron chi connectivity index (χ3n) is 10.5. The van der Waals surface area contributed by atoms with Crippen molar-refractivity contribution in [1.82, 2.24) is 9.13 Å². The molecule has 0 saturated carbocycles. The molecule has 2 heterocycles. The molecule has 8 aromatic rings. The Hall–Kier alpha value is -6.32. The fourth-order valence-corrected chi connectivity index (χ4v) is 7.81. The van der Waals surface area contributed by atoms with E-state index in [1.54, 1.807) is 0 Å². The second kappa shape index (κ2) is 16.1. The molecule has 0 amide bonds. The van der Waals surface area contributed by atoms with Crippen LogP contribution in [0.25, 0.3) is 66.1 Å². The van der Waals surface area contributed by atoms with Crippen molar-refractivity contribution in [3.05, 3.63) is 193 Å². The Kier molecular flexibility index (Phi) is 10.4. The van der Waals surface area contributed by atoms with Crippen LogP contribution in [0.2, 0.25) is 0 Å². The van der Waals surface area contributed by atoms with Crippen LogP contribution in [0.15, 0.2) is 182 Å². The van der Waals surface area contributed by atoms with Gasteiger partial charge in [0.15, 0.2) is 0 Å². The third-order valence-corrected chi connectivity index (χ3v) is 10.5. The van der Waals surface area contributed by atoms with Gasteiger partial charge in [0.2, 0.25) is 0 Å². The van der Waals surface area contributed by atoms with Crippen LogP contribution in [0.4, 0.5) is 0 Å². The molecule has 2 N–H and O–H groups in total. The Morgan fingerprint density at radius 3 is 1.52 bits per heavy atom. The van der Waals surface area contributed by atoms with Crippen LogP contribution >= 0.6 is 0 Å². The summed E-state index contributed by atoms with van der Waals surface area (Å²) in [6.07, 6.45) is 22.7. The average Bonchev–Trinajstić information content (AvgIpc) is 3.73. The number of allylic oxidation sites excluding steroid dienone is 7. The molecule has 3 nitrogen and oxygen atoms in total. The predicted molar refractivity (Wildman–Crippen MR) is 233 cm³/mol. The smallest absolute Gasteiger partial charge is 0.0541 e. The van der Waals surface area contributed by atoms with Crippen molar-refractivity contribution < 1.29 is 0 Å². The first-order chi connectivity index (χ1) is 26.7. The van der Waals surface area contributed by atoms with Crippen LogP contribution in [0.3, 0.4) is 0 Å². The highest BCUT2D eigenvalue weighted by molar-refractivity contribution is 6.12. The van der Waals surface area contributed by atoms with Gasteiger partial charge in [0, 0.05) is 32.9 Å². The number of nitrogens with two attached hydrogens (primary N) is 1. The highest BCUT2D eigenvalue weighted by Crippen LogP contribution is 2.38. The molecule has 54 heavy (non-hydrogen) atoms. The molecule has 0 aliphatic heterocycles. The van der Waals surface area contributed by atoms with Crippen molar-refractivity contribution in [3.63, 3.8) is 0 Å². The zero-order valence-corrected chi connectivity index (χ0v) is 31.0. The Morgan fingerprint density at radius 1 is 0.463 bits per heavy atom. The van der Waals surface area contributed by atoms with E-state index in [1.807, 2.05) is 30.4 Å². The Morgan fingerprint density at radius 2 is 0.963 bits per heavy atom. The van der Waals surface area contributed by atoms with Crippen molar-refractivity contribution >= 4 is 43.6 Å². The van der Waals surface area contributed by atoms with Crippen molar-refractivity contribution in [3.8, 4) is 22.5 Å². The van der Waals surface area contributed by atoms with E-state index in [9.17, 15) is 0 Å². The standard InChI is InChI=1S/C51H47N3/c1-2-3-4-10-17-38-23-29-42(30-24-38)53-48-21-14-12-19-44(48)46-36-40(27-33-50(46)53)41-28-34-51-47(37-41)45-20-13-15-22-49(45)54(51)43-31-25-39(26-32-43)18-11-8-6-5-7-9-16-35-52/h5-9,11-16,19-37H,2-4,10,17-18,52H2,1H3/b6-5+,9-7-,11-8+,35-16-. The van der Waals surface area contributed by atoms with Gasteiger partial charge in [-0.05, 0) is 114 Å². The number of rotatable bonds is 13. The summed E-state index contributed by atoms with van der Waals surface area (Å²) >= 11 is 0. The van der Waals surface area contributed by atoms with Crippen LogP contribution < -0.4 is 5.73 Å². The summed E-state index contributed by atoms with van der Waals surface area (Å²) in [5, 5.41) is 5.07. The summed E-state index contributed by atoms with van der Waals surface area (Å²) in [5.41, 5.74) is 17.8. The highest BCUT2D eigenvalue weighted by atomic mass is 15.0. The second-order valence-electron chi connectivity index (χ2n) is 14.1. The molecule has 0 saturated heterocycles. The van der Waals surface area contributed by atoms with Crippen LogP contribution in [0.1, 0.15) is 43.7 Å². The van der Waals surface area contributed by atoms with E-state index in [0.717, 1.165) is 12.8 Å². The van der Waals surface area contributed by atoms with E-state index in [0.29, 0.717) is 0 Å². The lowest BCUT2D eigenvalue weighted by molar-refractivity contribution is 0.667. The minimum absolute atomic E-state index is 0.877. The van der Waals surface area contributed by atoms with Crippen molar-refractivity contribution in [2.45, 2.75) is 45.4 Å². The number of nitrogens with zero attached hydrogens (tertiary/aromatic N) is 2. The molecular weight excluding hydrogens is 655 g/mol. The molecule has 0 fully saturated rings. The number of hydrogen-bond acceptors (Lipinski definition) is 1. The monoisotopic (exact) mass is 701 g/mol. The maximum Gasteiger partial charge on any atom is 0.0541 e. The van der Waals surface area contributed by atoms with Crippen LogP contribution in [0.5, 0.6) is 0 Å². The fraction of sp³-hybridized carbons (Fsp3) is 0.137. The summed E-state index contributed by atoms with van der Waals surface area (Å²) in [5.74, 6) is 0. The second-order valence-corrected chi connectivity index (χ2v) is 14.1. The lowest BCUT2D eigenvalue weighted by atomic mass is 10.0. The van der Waals surface area contributed by atoms with E-state index in [4.69, 9.17) is 5.73 Å². The van der Waals surface area contributed by atoms with Gasteiger partial charge in [-0.2, -0.15) is 0 Å². The summed E-state index contributed by atoms with van der Waals surface area (Å²) in [7, 11) is 0. The molecule has 6 aromatic carbocycles. The number of aryl methyl sites for hydroxylation is 1. The van der Waals surface area contributed by atoms with Crippen molar-refractivity contribution in [1.29, 1.82) is 0 Å². The predicted octanol–water partition coefficient (Wildman–Crippen LogP) is 13.4. The summed E-state index contributed by atoms with van der Waals surface area (Å²) in [6.45, 7) is 2.27. The van der Waals surface area contributed by atoms with Gasteiger partial charge in [-0.25, -0.2) is 0 Å². The molecule has 8 rings (SSSR count). The maximum atomic E-state index is 5.37. The Bertz CT molecular complexity index is 2660. The van der Waals surface area contributed by atoms with Gasteiger partial charge < -0.3 is 14.9 Å². The summed E-state index contributed by atoms with van der Waals surface area (Å²) < 4.78 is 4.82. The molecule has 3 heteroatoms. The molecule has 266 valence electrons. The summed E-state index contributed by atoms with van der Waals surface area (Å²) in [4.78, 5) is 0. The van der Waals surface area contributed by atoms with E-state index >= 15 is 0 Å². The van der Waals surface area contributed by atoms with Crippen molar-refractivity contribution in [2.75, 3.05) is 0 Å². The number of aromatic nitrogens is 2. The quantitative estimate of drug-likeness (QED) is 0.0943. The van der Waals surface area contributed by atoms with Crippen LogP contribution in [-0.4, -0.2) is 9.13 Å². The molecule has 0 aliphatic carbocycles. The topological polar surface area (TPSA) is 35.9 Å². The normalized spacial score (nSPS) is 12.4. The van der Waals surface area contributed by atoms with E-state index in [-0.39, 0.29) is 0 Å². The van der Waals surface area contributed by atoms with Crippen LogP contribution in [-0.2, 0) is 12.8 Å². The molecule has 0 bridgehead atoms. The summed E-state index contributed by atoms with van der Waals surface area (Å²) in [6, 6.07) is 49.7. The van der Waals surface area contributed by atoms with Gasteiger partial charge in [-0.1, -0.05) is 135 Å². The van der Waals surface area contributed by atoms with E-state index < -0.39 is 0 Å². The number of benzene rings is 6. The van der Waals surface area contributed by atoms with Gasteiger partial charge >= 0.3 is 0 Å². The van der Waals surface area contributed by atoms with Gasteiger partial charge in [0.25, 0.3) is 0 Å². The van der Waals surface area contributed by atoms with Gasteiger partial charge in [0.1, 0.15) is 0 Å². The first-order valence-corrected chi connectivity index (χ1v) is 19.4. The lowest BCUT2D eigenvalue weighted by Gasteiger charge is -2.10. The minimum Gasteiger partial charge on any atom is -0.405 e. The van der Waals surface area contributed by atoms with Gasteiger partial charge in [-0.15, -0.1) is 0 Å². The number of unbranched alkanes of at least 4 members (excludes halogenated alkanes) is 3. The number of para-hydroxylation sites is 2. The first-order valence-electron chi connectivity index (χ1n) is 19.4. The number of hydrogen-bond donors (Lipinski definition) is 1. The largest absolute Gasteiger partial charge is 0.405 e. The SMILES string of the molecule is CCCCCCc1ccc(-n2c3ccccc3c3cc(-c4ccc5c(c4)c4ccccc4n5-c4ccc(C/C=C/C=C/C=C\C=C/N)cc4)ccc32)cc1. The number of fused-ring (bicyclic) bond motifs is 6. The van der Waals surface area contributed by atoms with E-state index in [2.05, 4.69) is 162 Å². The molecule has 2 aromatic heterocycles. The molecule has 0 aliphatic rings. The fourth-order valence-electron chi connectivity index (χ4n) is 7.81. The molecule has 0 unspecified atom stereocenters. The zero-order valence-electron chi connectivity index (χ0n) is 31.0. The van der Waals surface area contributed by atoms with Crippen molar-refractivity contribution in [2.24, 2.45) is 5.73 Å². The molecular formula is C51H47N3. The third kappa shape index (κ3) is 7.06. The maximum absolute atomic E-state index is 5.37. The highest BCUT2D eigenvalue weighted by Gasteiger charge is 2.16. The van der Waals surface area contributed by atoms with E-state index in [1.165, 1.54) is 109 Å². The lowest BCUT2D eigenvalue weighted by Crippen LogP contribution is -1.95. The van der Waals surface area contributed by atoms with Gasteiger partial charge in [0.05, 0.1) is 22.1 Å². The first kappa shape index (κ1) is 34.7. The minimum atomic E-state index is 0.877. The van der Waals surface area contributed by atoms with Crippen LogP contribution in [0, 0.1) is 0 Å². The molecule has 0 spiro atoms. The average molecular weight is 702 g/mol.